The fourth-order valence-electron chi connectivity index (χ4n) is 3.13. The van der Waals surface area contributed by atoms with Gasteiger partial charge in [-0.05, 0) is 43.7 Å². The Morgan fingerprint density at radius 3 is 2.67 bits per heavy atom. The minimum absolute atomic E-state index is 0.155. The van der Waals surface area contributed by atoms with E-state index in [0.717, 1.165) is 35.7 Å². The van der Waals surface area contributed by atoms with Gasteiger partial charge in [0.2, 0.25) is 0 Å². The minimum atomic E-state index is -0.155. The van der Waals surface area contributed by atoms with Crippen LogP contribution >= 0.6 is 0 Å². The van der Waals surface area contributed by atoms with Gasteiger partial charge in [0.25, 0.3) is 0 Å². The Kier molecular flexibility index (Phi) is 7.71. The third-order valence-corrected chi connectivity index (χ3v) is 4.67. The van der Waals surface area contributed by atoms with E-state index in [1.807, 2.05) is 66.2 Å². The molecule has 1 N–H and O–H groups in total. The number of para-hydroxylation sites is 1. The Bertz CT molecular complexity index is 910. The first kappa shape index (κ1) is 21.2. The van der Waals surface area contributed by atoms with Gasteiger partial charge in [-0.25, -0.2) is 9.78 Å². The number of aromatic nitrogens is 2. The lowest BCUT2D eigenvalue weighted by Gasteiger charge is -2.24. The predicted molar refractivity (Wildman–Crippen MR) is 117 cm³/mol. The number of hydrogen-bond donors (Lipinski definition) is 1. The second kappa shape index (κ2) is 10.9. The van der Waals surface area contributed by atoms with Crippen LogP contribution in [0, 0.1) is 0 Å². The fraction of sp³-hybridized carbons (Fsp3) is 0.304. The summed E-state index contributed by atoms with van der Waals surface area (Å²) >= 11 is 0. The molecular formula is C23H28N4O3. The number of amides is 2. The fourth-order valence-corrected chi connectivity index (χ4v) is 3.13. The summed E-state index contributed by atoms with van der Waals surface area (Å²) in [6.07, 6.45) is 6.27. The molecule has 0 radical (unpaired) electrons. The van der Waals surface area contributed by atoms with Crippen LogP contribution in [0.2, 0.25) is 0 Å². The van der Waals surface area contributed by atoms with Gasteiger partial charge < -0.3 is 24.3 Å². The van der Waals surface area contributed by atoms with E-state index in [4.69, 9.17) is 9.47 Å². The van der Waals surface area contributed by atoms with Crippen LogP contribution in [0.1, 0.15) is 18.9 Å². The molecule has 2 amide bonds. The summed E-state index contributed by atoms with van der Waals surface area (Å²) < 4.78 is 12.9. The SMILES string of the molecule is CCOc1ccccc1CN(CCCn1ccnc1)C(=O)Nc1ccc(OC)cc1. The van der Waals surface area contributed by atoms with E-state index < -0.39 is 0 Å². The molecule has 0 saturated carbocycles. The Morgan fingerprint density at radius 2 is 1.97 bits per heavy atom. The number of methoxy groups -OCH3 is 1. The minimum Gasteiger partial charge on any atom is -0.497 e. The van der Waals surface area contributed by atoms with E-state index in [9.17, 15) is 4.79 Å². The zero-order chi connectivity index (χ0) is 21.2. The second-order valence-corrected chi connectivity index (χ2v) is 6.78. The third-order valence-electron chi connectivity index (χ3n) is 4.67. The summed E-state index contributed by atoms with van der Waals surface area (Å²) in [7, 11) is 1.62. The smallest absolute Gasteiger partial charge is 0.322 e. The van der Waals surface area contributed by atoms with Crippen molar-refractivity contribution in [1.29, 1.82) is 0 Å². The normalized spacial score (nSPS) is 10.5. The molecule has 0 fully saturated rings. The average Bonchev–Trinajstić information content (AvgIpc) is 3.28. The van der Waals surface area contributed by atoms with Crippen LogP contribution in [0.15, 0.2) is 67.3 Å². The number of carbonyl (C=O) groups is 1. The largest absolute Gasteiger partial charge is 0.497 e. The molecular weight excluding hydrogens is 380 g/mol. The zero-order valence-electron chi connectivity index (χ0n) is 17.5. The molecule has 0 spiro atoms. The molecule has 1 aromatic heterocycles. The van der Waals surface area contributed by atoms with Gasteiger partial charge in [0, 0.05) is 36.7 Å². The summed E-state index contributed by atoms with van der Waals surface area (Å²) in [4.78, 5) is 18.9. The first-order chi connectivity index (χ1) is 14.7. The summed E-state index contributed by atoms with van der Waals surface area (Å²) in [6.45, 7) is 4.38. The number of aryl methyl sites for hydroxylation is 1. The molecule has 7 nitrogen and oxygen atoms in total. The Morgan fingerprint density at radius 1 is 1.17 bits per heavy atom. The maximum atomic E-state index is 13.1. The second-order valence-electron chi connectivity index (χ2n) is 6.78. The molecule has 0 unspecified atom stereocenters. The van der Waals surface area contributed by atoms with Gasteiger partial charge in [-0.2, -0.15) is 0 Å². The number of ether oxygens (including phenoxy) is 2. The van der Waals surface area contributed by atoms with Crippen molar-refractivity contribution in [3.8, 4) is 11.5 Å². The molecule has 158 valence electrons. The molecule has 7 heteroatoms. The molecule has 3 rings (SSSR count). The average molecular weight is 409 g/mol. The van der Waals surface area contributed by atoms with E-state index in [0.29, 0.717) is 19.7 Å². The molecule has 1 heterocycles. The number of nitrogens with one attached hydrogen (secondary N) is 1. The standard InChI is InChI=1S/C23H28N4O3/c1-3-30-22-8-5-4-7-19(22)17-27(15-6-14-26-16-13-24-18-26)23(28)25-20-9-11-21(29-2)12-10-20/h4-5,7-13,16,18H,3,6,14-15,17H2,1-2H3,(H,25,28). The highest BCUT2D eigenvalue weighted by Gasteiger charge is 2.16. The number of urea groups is 1. The Labute approximate surface area is 177 Å². The van der Waals surface area contributed by atoms with E-state index in [1.165, 1.54) is 0 Å². The van der Waals surface area contributed by atoms with Crippen molar-refractivity contribution in [1.82, 2.24) is 14.5 Å². The number of carbonyl (C=O) groups excluding carboxylic acids is 1. The highest BCUT2D eigenvalue weighted by Crippen LogP contribution is 2.21. The molecule has 30 heavy (non-hydrogen) atoms. The highest BCUT2D eigenvalue weighted by molar-refractivity contribution is 5.89. The molecule has 0 aliphatic rings. The van der Waals surface area contributed by atoms with Gasteiger partial charge in [-0.1, -0.05) is 18.2 Å². The summed E-state index contributed by atoms with van der Waals surface area (Å²) in [5.41, 5.74) is 1.70. The number of imidazole rings is 1. The van der Waals surface area contributed by atoms with Crippen LogP contribution in [0.25, 0.3) is 0 Å². The van der Waals surface area contributed by atoms with Gasteiger partial charge in [0.1, 0.15) is 11.5 Å². The maximum Gasteiger partial charge on any atom is 0.322 e. The van der Waals surface area contributed by atoms with Gasteiger partial charge in [0.05, 0.1) is 26.6 Å². The van der Waals surface area contributed by atoms with Crippen molar-refractivity contribution in [2.45, 2.75) is 26.4 Å². The molecule has 3 aromatic rings. The highest BCUT2D eigenvalue weighted by atomic mass is 16.5. The number of anilines is 1. The number of nitrogens with zero attached hydrogens (tertiary/aromatic N) is 3. The van der Waals surface area contributed by atoms with E-state index in [-0.39, 0.29) is 6.03 Å². The summed E-state index contributed by atoms with van der Waals surface area (Å²) in [6, 6.07) is 15.0. The first-order valence-electron chi connectivity index (χ1n) is 10.1. The van der Waals surface area contributed by atoms with Crippen LogP contribution in [0.3, 0.4) is 0 Å². The van der Waals surface area contributed by atoms with E-state index >= 15 is 0 Å². The van der Waals surface area contributed by atoms with Gasteiger partial charge in [0.15, 0.2) is 0 Å². The van der Waals surface area contributed by atoms with E-state index in [2.05, 4.69) is 10.3 Å². The lowest BCUT2D eigenvalue weighted by Crippen LogP contribution is -2.35. The lowest BCUT2D eigenvalue weighted by atomic mass is 10.2. The molecule has 0 atom stereocenters. The number of benzene rings is 2. The van der Waals surface area contributed by atoms with Crippen molar-refractivity contribution >= 4 is 11.7 Å². The van der Waals surface area contributed by atoms with Crippen molar-refractivity contribution in [2.75, 3.05) is 25.6 Å². The Hall–Kier alpha value is -3.48. The number of rotatable bonds is 10. The van der Waals surface area contributed by atoms with Crippen LogP contribution in [0.4, 0.5) is 10.5 Å². The monoisotopic (exact) mass is 408 g/mol. The van der Waals surface area contributed by atoms with Crippen LogP contribution in [-0.4, -0.2) is 40.7 Å². The van der Waals surface area contributed by atoms with Crippen molar-refractivity contribution in [2.24, 2.45) is 0 Å². The first-order valence-corrected chi connectivity index (χ1v) is 10.1. The third kappa shape index (κ3) is 6.01. The summed E-state index contributed by atoms with van der Waals surface area (Å²) in [5, 5.41) is 2.98. The lowest BCUT2D eigenvalue weighted by molar-refractivity contribution is 0.206. The molecule has 0 aliphatic heterocycles. The molecule has 0 bridgehead atoms. The van der Waals surface area contributed by atoms with Gasteiger partial charge in [-0.3, -0.25) is 0 Å². The topological polar surface area (TPSA) is 68.6 Å². The Balaban J connectivity index is 1.71. The number of hydrogen-bond acceptors (Lipinski definition) is 4. The van der Waals surface area contributed by atoms with Gasteiger partial charge >= 0.3 is 6.03 Å². The van der Waals surface area contributed by atoms with Crippen molar-refractivity contribution in [3.05, 3.63) is 72.8 Å². The molecule has 0 saturated heterocycles. The van der Waals surface area contributed by atoms with Crippen LogP contribution < -0.4 is 14.8 Å². The van der Waals surface area contributed by atoms with Crippen LogP contribution in [-0.2, 0) is 13.1 Å². The molecule has 0 aliphatic carbocycles. The van der Waals surface area contributed by atoms with Crippen LogP contribution in [0.5, 0.6) is 11.5 Å². The zero-order valence-corrected chi connectivity index (χ0v) is 17.5. The van der Waals surface area contributed by atoms with Gasteiger partial charge in [-0.15, -0.1) is 0 Å². The summed E-state index contributed by atoms with van der Waals surface area (Å²) in [5.74, 6) is 1.55. The quantitative estimate of drug-likeness (QED) is 0.539. The molecule has 2 aromatic carbocycles. The predicted octanol–water partition coefficient (Wildman–Crippen LogP) is 4.41. The maximum absolute atomic E-state index is 13.1. The van der Waals surface area contributed by atoms with E-state index in [1.54, 1.807) is 24.5 Å². The van der Waals surface area contributed by atoms with Crippen molar-refractivity contribution < 1.29 is 14.3 Å². The van der Waals surface area contributed by atoms with Crippen molar-refractivity contribution in [3.63, 3.8) is 0 Å².